The minimum absolute atomic E-state index is 0.0180. The molecular weight excluding hydrogens is 280 g/mol. The Hall–Kier alpha value is -1.88. The second kappa shape index (κ2) is 7.94. The van der Waals surface area contributed by atoms with E-state index in [-0.39, 0.29) is 31.0 Å². The summed E-state index contributed by atoms with van der Waals surface area (Å²) in [5.41, 5.74) is 0.557. The van der Waals surface area contributed by atoms with Crippen molar-refractivity contribution in [2.45, 2.75) is 31.7 Å². The van der Waals surface area contributed by atoms with Crippen molar-refractivity contribution < 1.29 is 14.7 Å². The summed E-state index contributed by atoms with van der Waals surface area (Å²) in [7, 11) is 1.79. The number of aliphatic hydroxyl groups excluding tert-OH is 1. The van der Waals surface area contributed by atoms with Gasteiger partial charge in [-0.05, 0) is 43.7 Å². The van der Waals surface area contributed by atoms with Gasteiger partial charge in [0.2, 0.25) is 5.91 Å². The summed E-state index contributed by atoms with van der Waals surface area (Å²) < 4.78 is 0. The van der Waals surface area contributed by atoms with Crippen LogP contribution in [0.4, 0.5) is 0 Å². The molecule has 1 saturated carbocycles. The van der Waals surface area contributed by atoms with Gasteiger partial charge < -0.3 is 15.3 Å². The summed E-state index contributed by atoms with van der Waals surface area (Å²) in [6.07, 6.45) is 3.74. The van der Waals surface area contributed by atoms with Gasteiger partial charge in [0.15, 0.2) is 0 Å². The van der Waals surface area contributed by atoms with Crippen LogP contribution in [0.1, 0.15) is 36.0 Å². The summed E-state index contributed by atoms with van der Waals surface area (Å²) in [4.78, 5) is 25.8. The normalized spacial score (nSPS) is 21.2. The van der Waals surface area contributed by atoms with E-state index in [1.165, 1.54) is 0 Å². The molecule has 5 heteroatoms. The molecule has 1 fully saturated rings. The standard InChI is InChI=1S/C17H24N2O3/c1-19(15-9-7-13(12-20)8-10-15)16(21)11-18-17(22)14-5-3-2-4-6-14/h2-6,13,15,20H,7-12H2,1H3,(H,18,22). The van der Waals surface area contributed by atoms with E-state index < -0.39 is 0 Å². The summed E-state index contributed by atoms with van der Waals surface area (Å²) in [5.74, 6) is 0.0700. The number of carbonyl (C=O) groups excluding carboxylic acids is 2. The minimum Gasteiger partial charge on any atom is -0.396 e. The minimum atomic E-state index is -0.230. The molecule has 2 amide bonds. The Morgan fingerprint density at radius 1 is 1.18 bits per heavy atom. The molecule has 0 bridgehead atoms. The lowest BCUT2D eigenvalue weighted by Crippen LogP contribution is -2.44. The molecule has 0 saturated heterocycles. The summed E-state index contributed by atoms with van der Waals surface area (Å²) in [5, 5.41) is 11.8. The van der Waals surface area contributed by atoms with Gasteiger partial charge in [-0.3, -0.25) is 9.59 Å². The predicted octanol–water partition coefficient (Wildman–Crippen LogP) is 1.43. The van der Waals surface area contributed by atoms with E-state index >= 15 is 0 Å². The third kappa shape index (κ3) is 4.31. The van der Waals surface area contributed by atoms with Crippen molar-refractivity contribution in [2.24, 2.45) is 5.92 Å². The van der Waals surface area contributed by atoms with Crippen molar-refractivity contribution in [3.05, 3.63) is 35.9 Å². The third-order valence-corrected chi connectivity index (χ3v) is 4.45. The maximum Gasteiger partial charge on any atom is 0.251 e. The molecule has 0 aromatic heterocycles. The van der Waals surface area contributed by atoms with E-state index in [9.17, 15) is 9.59 Å². The number of benzene rings is 1. The van der Waals surface area contributed by atoms with Crippen LogP contribution in [0.2, 0.25) is 0 Å². The second-order valence-electron chi connectivity index (χ2n) is 5.91. The lowest BCUT2D eigenvalue weighted by molar-refractivity contribution is -0.131. The van der Waals surface area contributed by atoms with Crippen LogP contribution in [0.25, 0.3) is 0 Å². The Balaban J connectivity index is 1.78. The fourth-order valence-corrected chi connectivity index (χ4v) is 2.89. The van der Waals surface area contributed by atoms with Crippen LogP contribution >= 0.6 is 0 Å². The Morgan fingerprint density at radius 3 is 2.41 bits per heavy atom. The third-order valence-electron chi connectivity index (χ3n) is 4.45. The SMILES string of the molecule is CN(C(=O)CNC(=O)c1ccccc1)C1CCC(CO)CC1. The van der Waals surface area contributed by atoms with E-state index in [0.29, 0.717) is 11.5 Å². The highest BCUT2D eigenvalue weighted by Crippen LogP contribution is 2.26. The Morgan fingerprint density at radius 2 is 1.82 bits per heavy atom. The summed E-state index contributed by atoms with van der Waals surface area (Å²) in [6.45, 7) is 0.252. The Bertz CT molecular complexity index is 496. The predicted molar refractivity (Wildman–Crippen MR) is 84.4 cm³/mol. The van der Waals surface area contributed by atoms with Gasteiger partial charge >= 0.3 is 0 Å². The molecule has 5 nitrogen and oxygen atoms in total. The van der Waals surface area contributed by atoms with Crippen molar-refractivity contribution >= 4 is 11.8 Å². The average Bonchev–Trinajstić information content (AvgIpc) is 2.59. The number of amides is 2. The molecule has 1 aromatic rings. The molecule has 0 aliphatic heterocycles. The summed E-state index contributed by atoms with van der Waals surface area (Å²) >= 11 is 0. The van der Waals surface area contributed by atoms with Crippen LogP contribution < -0.4 is 5.32 Å². The molecule has 0 radical (unpaired) electrons. The highest BCUT2D eigenvalue weighted by molar-refractivity contribution is 5.96. The Labute approximate surface area is 131 Å². The molecule has 22 heavy (non-hydrogen) atoms. The molecule has 1 aromatic carbocycles. The van der Waals surface area contributed by atoms with E-state index in [1.54, 1.807) is 36.2 Å². The van der Waals surface area contributed by atoms with Gasteiger partial charge in [0, 0.05) is 25.3 Å². The molecule has 0 unspecified atom stereocenters. The number of nitrogens with zero attached hydrogens (tertiary/aromatic N) is 1. The van der Waals surface area contributed by atoms with E-state index in [4.69, 9.17) is 5.11 Å². The number of hydrogen-bond acceptors (Lipinski definition) is 3. The number of hydrogen-bond donors (Lipinski definition) is 2. The maximum absolute atomic E-state index is 12.2. The number of likely N-dealkylation sites (N-methyl/N-ethyl adjacent to an activating group) is 1. The fourth-order valence-electron chi connectivity index (χ4n) is 2.89. The lowest BCUT2D eigenvalue weighted by Gasteiger charge is -2.34. The highest BCUT2D eigenvalue weighted by atomic mass is 16.3. The molecule has 1 aliphatic carbocycles. The number of nitrogens with one attached hydrogen (secondary N) is 1. The zero-order chi connectivity index (χ0) is 15.9. The maximum atomic E-state index is 12.2. The smallest absolute Gasteiger partial charge is 0.251 e. The first kappa shape index (κ1) is 16.5. The second-order valence-corrected chi connectivity index (χ2v) is 5.91. The molecule has 0 atom stereocenters. The van der Waals surface area contributed by atoms with Crippen LogP contribution in [-0.4, -0.2) is 48.1 Å². The fraction of sp³-hybridized carbons (Fsp3) is 0.529. The Kier molecular flexibility index (Phi) is 5.95. The van der Waals surface area contributed by atoms with Crippen LogP contribution in [0, 0.1) is 5.92 Å². The zero-order valence-corrected chi connectivity index (χ0v) is 13.0. The van der Waals surface area contributed by atoms with Crippen molar-refractivity contribution in [1.82, 2.24) is 10.2 Å². The quantitative estimate of drug-likeness (QED) is 0.864. The van der Waals surface area contributed by atoms with Crippen LogP contribution in [0.15, 0.2) is 30.3 Å². The van der Waals surface area contributed by atoms with E-state index in [0.717, 1.165) is 25.7 Å². The average molecular weight is 304 g/mol. The van der Waals surface area contributed by atoms with Crippen molar-refractivity contribution in [3.8, 4) is 0 Å². The number of rotatable bonds is 5. The first-order valence-electron chi connectivity index (χ1n) is 7.81. The molecule has 2 N–H and O–H groups in total. The number of aliphatic hydroxyl groups is 1. The summed E-state index contributed by atoms with van der Waals surface area (Å²) in [6, 6.07) is 9.09. The van der Waals surface area contributed by atoms with Gasteiger partial charge in [0.1, 0.15) is 0 Å². The van der Waals surface area contributed by atoms with Crippen molar-refractivity contribution in [3.63, 3.8) is 0 Å². The largest absolute Gasteiger partial charge is 0.396 e. The van der Waals surface area contributed by atoms with Crippen LogP contribution in [-0.2, 0) is 4.79 Å². The van der Waals surface area contributed by atoms with Crippen molar-refractivity contribution in [1.29, 1.82) is 0 Å². The van der Waals surface area contributed by atoms with Crippen LogP contribution in [0.3, 0.4) is 0 Å². The van der Waals surface area contributed by atoms with E-state index in [1.807, 2.05) is 6.07 Å². The highest BCUT2D eigenvalue weighted by Gasteiger charge is 2.26. The molecule has 0 spiro atoms. The topological polar surface area (TPSA) is 69.6 Å². The van der Waals surface area contributed by atoms with Gasteiger partial charge in [-0.25, -0.2) is 0 Å². The molecule has 120 valence electrons. The molecule has 1 aliphatic rings. The first-order chi connectivity index (χ1) is 10.6. The van der Waals surface area contributed by atoms with Gasteiger partial charge in [0.05, 0.1) is 6.54 Å². The monoisotopic (exact) mass is 304 g/mol. The van der Waals surface area contributed by atoms with Gasteiger partial charge in [-0.1, -0.05) is 18.2 Å². The van der Waals surface area contributed by atoms with Gasteiger partial charge in [-0.2, -0.15) is 0 Å². The molecular formula is C17H24N2O3. The first-order valence-corrected chi connectivity index (χ1v) is 7.81. The molecule has 2 rings (SSSR count). The molecule has 0 heterocycles. The van der Waals surface area contributed by atoms with Crippen LogP contribution in [0.5, 0.6) is 0 Å². The zero-order valence-electron chi connectivity index (χ0n) is 13.0. The van der Waals surface area contributed by atoms with E-state index in [2.05, 4.69) is 5.32 Å². The lowest BCUT2D eigenvalue weighted by atomic mass is 9.86. The van der Waals surface area contributed by atoms with Gasteiger partial charge in [0.25, 0.3) is 5.91 Å². The van der Waals surface area contributed by atoms with Crippen molar-refractivity contribution in [2.75, 3.05) is 20.2 Å². The number of carbonyl (C=O) groups is 2. The van der Waals surface area contributed by atoms with Gasteiger partial charge in [-0.15, -0.1) is 0 Å².